The summed E-state index contributed by atoms with van der Waals surface area (Å²) in [6, 6.07) is 13.8. The van der Waals surface area contributed by atoms with Crippen LogP contribution in [0.1, 0.15) is 24.2 Å². The molecule has 2 aromatic carbocycles. The third kappa shape index (κ3) is 4.20. The van der Waals surface area contributed by atoms with E-state index in [0.717, 1.165) is 10.1 Å². The lowest BCUT2D eigenvalue weighted by atomic mass is 10.2. The standard InChI is InChI=1S/C21H22N2O4S2/c1-14-12-23(13-15(2)27-14)29(25,26)19-6-3-16(4-7-19)21(24)22-18-5-8-20-17(11-18)9-10-28-20/h3-11,14-15H,12-13H2,1-2H3,(H,22,24)/t14-,15+. The van der Waals surface area contributed by atoms with Gasteiger partial charge in [-0.3, -0.25) is 4.79 Å². The average Bonchev–Trinajstić information content (AvgIpc) is 3.15. The summed E-state index contributed by atoms with van der Waals surface area (Å²) >= 11 is 1.65. The minimum atomic E-state index is -3.62. The largest absolute Gasteiger partial charge is 0.373 e. The summed E-state index contributed by atoms with van der Waals surface area (Å²) < 4.78 is 34.1. The van der Waals surface area contributed by atoms with Crippen LogP contribution in [0, 0.1) is 0 Å². The van der Waals surface area contributed by atoms with Gasteiger partial charge in [-0.25, -0.2) is 8.42 Å². The van der Waals surface area contributed by atoms with Crippen molar-refractivity contribution < 1.29 is 17.9 Å². The second kappa shape index (κ2) is 7.87. The maximum Gasteiger partial charge on any atom is 0.255 e. The molecule has 2 heterocycles. The number of carbonyl (C=O) groups is 1. The molecule has 1 fully saturated rings. The van der Waals surface area contributed by atoms with Gasteiger partial charge in [0.25, 0.3) is 5.91 Å². The van der Waals surface area contributed by atoms with Crippen LogP contribution in [0.25, 0.3) is 10.1 Å². The molecule has 29 heavy (non-hydrogen) atoms. The Bertz CT molecular complexity index is 1130. The van der Waals surface area contributed by atoms with Gasteiger partial charge in [0.15, 0.2) is 0 Å². The highest BCUT2D eigenvalue weighted by Gasteiger charge is 2.32. The van der Waals surface area contributed by atoms with E-state index >= 15 is 0 Å². The highest BCUT2D eigenvalue weighted by molar-refractivity contribution is 7.89. The molecule has 4 rings (SSSR count). The van der Waals surface area contributed by atoms with Crippen molar-refractivity contribution in [1.82, 2.24) is 4.31 Å². The Morgan fingerprint density at radius 1 is 1.07 bits per heavy atom. The third-order valence-electron chi connectivity index (χ3n) is 4.85. The van der Waals surface area contributed by atoms with Crippen LogP contribution in [0.4, 0.5) is 5.69 Å². The number of fused-ring (bicyclic) bond motifs is 1. The number of thiophene rings is 1. The van der Waals surface area contributed by atoms with Crippen LogP contribution in [-0.2, 0) is 14.8 Å². The number of carbonyl (C=O) groups excluding carboxylic acids is 1. The van der Waals surface area contributed by atoms with Crippen molar-refractivity contribution in [3.05, 3.63) is 59.5 Å². The predicted molar refractivity (Wildman–Crippen MR) is 115 cm³/mol. The fraction of sp³-hybridized carbons (Fsp3) is 0.286. The number of hydrogen-bond acceptors (Lipinski definition) is 5. The molecule has 8 heteroatoms. The number of sulfonamides is 1. The summed E-state index contributed by atoms with van der Waals surface area (Å²) in [6.45, 7) is 4.36. The molecule has 6 nitrogen and oxygen atoms in total. The third-order valence-corrected chi connectivity index (χ3v) is 7.59. The summed E-state index contributed by atoms with van der Waals surface area (Å²) in [5.74, 6) is -0.280. The van der Waals surface area contributed by atoms with Gasteiger partial charge in [-0.2, -0.15) is 4.31 Å². The van der Waals surface area contributed by atoms with Crippen LogP contribution < -0.4 is 5.32 Å². The number of hydrogen-bond donors (Lipinski definition) is 1. The fourth-order valence-electron chi connectivity index (χ4n) is 3.50. The quantitative estimate of drug-likeness (QED) is 0.680. The van der Waals surface area contributed by atoms with Gasteiger partial charge >= 0.3 is 0 Å². The van der Waals surface area contributed by atoms with E-state index in [1.165, 1.54) is 16.4 Å². The van der Waals surface area contributed by atoms with Gasteiger partial charge in [0.2, 0.25) is 10.0 Å². The lowest BCUT2D eigenvalue weighted by Gasteiger charge is -2.34. The molecule has 0 unspecified atom stereocenters. The molecule has 1 amide bonds. The zero-order valence-corrected chi connectivity index (χ0v) is 17.8. The van der Waals surface area contributed by atoms with Crippen molar-refractivity contribution in [3.8, 4) is 0 Å². The Morgan fingerprint density at radius 2 is 1.76 bits per heavy atom. The Morgan fingerprint density at radius 3 is 2.45 bits per heavy atom. The van der Waals surface area contributed by atoms with Crippen molar-refractivity contribution in [3.63, 3.8) is 0 Å². The molecule has 0 aliphatic carbocycles. The number of morpholine rings is 1. The first-order valence-corrected chi connectivity index (χ1v) is 11.7. The number of rotatable bonds is 4. The Kier molecular flexibility index (Phi) is 5.44. The maximum absolute atomic E-state index is 12.9. The molecule has 3 aromatic rings. The molecular formula is C21H22N2O4S2. The Balaban J connectivity index is 1.50. The van der Waals surface area contributed by atoms with Gasteiger partial charge < -0.3 is 10.1 Å². The topological polar surface area (TPSA) is 75.7 Å². The highest BCUT2D eigenvalue weighted by atomic mass is 32.2. The summed E-state index contributed by atoms with van der Waals surface area (Å²) in [6.07, 6.45) is -0.307. The van der Waals surface area contributed by atoms with E-state index in [0.29, 0.717) is 24.3 Å². The molecule has 1 saturated heterocycles. The highest BCUT2D eigenvalue weighted by Crippen LogP contribution is 2.25. The summed E-state index contributed by atoms with van der Waals surface area (Å²) in [5, 5.41) is 5.94. The number of nitrogens with zero attached hydrogens (tertiary/aromatic N) is 1. The SMILES string of the molecule is C[C@@H]1CN(S(=O)(=O)c2ccc(C(=O)Nc3ccc4sccc4c3)cc2)C[C@H](C)O1. The molecule has 1 aliphatic heterocycles. The summed E-state index contributed by atoms with van der Waals surface area (Å²) in [5.41, 5.74) is 1.10. The second-order valence-electron chi connectivity index (χ2n) is 7.23. The van der Waals surface area contributed by atoms with Gasteiger partial charge in [0.05, 0.1) is 17.1 Å². The first-order valence-electron chi connectivity index (χ1n) is 9.37. The van der Waals surface area contributed by atoms with E-state index in [-0.39, 0.29) is 23.0 Å². The molecule has 2 atom stereocenters. The lowest BCUT2D eigenvalue weighted by molar-refractivity contribution is -0.0440. The molecule has 0 bridgehead atoms. The first kappa shape index (κ1) is 20.0. The number of nitrogens with one attached hydrogen (secondary N) is 1. The molecule has 0 spiro atoms. The number of anilines is 1. The number of ether oxygens (including phenoxy) is 1. The monoisotopic (exact) mass is 430 g/mol. The molecule has 0 radical (unpaired) electrons. The summed E-state index contributed by atoms with van der Waals surface area (Å²) in [4.78, 5) is 12.7. The van der Waals surface area contributed by atoms with Gasteiger partial charge in [0.1, 0.15) is 0 Å². The van der Waals surface area contributed by atoms with Gasteiger partial charge in [0, 0.05) is 29.0 Å². The van der Waals surface area contributed by atoms with E-state index in [9.17, 15) is 13.2 Å². The molecule has 0 saturated carbocycles. The fourth-order valence-corrected chi connectivity index (χ4v) is 5.86. The second-order valence-corrected chi connectivity index (χ2v) is 10.1. The van der Waals surface area contributed by atoms with Crippen molar-refractivity contribution in [2.45, 2.75) is 31.0 Å². The van der Waals surface area contributed by atoms with Crippen molar-refractivity contribution in [1.29, 1.82) is 0 Å². The van der Waals surface area contributed by atoms with Crippen LogP contribution in [0.3, 0.4) is 0 Å². The minimum absolute atomic E-state index is 0.154. The first-order chi connectivity index (χ1) is 13.8. The van der Waals surface area contributed by atoms with Crippen LogP contribution >= 0.6 is 11.3 Å². The van der Waals surface area contributed by atoms with Crippen LogP contribution in [0.2, 0.25) is 0 Å². The molecule has 1 aliphatic rings. The zero-order chi connectivity index (χ0) is 20.6. The van der Waals surface area contributed by atoms with Crippen molar-refractivity contribution >= 4 is 43.0 Å². The van der Waals surface area contributed by atoms with E-state index in [4.69, 9.17) is 4.74 Å². The van der Waals surface area contributed by atoms with Gasteiger partial charge in [-0.15, -0.1) is 11.3 Å². The normalized spacial score (nSPS) is 20.6. The van der Waals surface area contributed by atoms with E-state index in [1.807, 2.05) is 43.5 Å². The Labute approximate surface area is 174 Å². The summed E-state index contributed by atoms with van der Waals surface area (Å²) in [7, 11) is -3.62. The number of amides is 1. The lowest BCUT2D eigenvalue weighted by Crippen LogP contribution is -2.48. The van der Waals surface area contributed by atoms with Crippen molar-refractivity contribution in [2.24, 2.45) is 0 Å². The van der Waals surface area contributed by atoms with E-state index in [2.05, 4.69) is 5.32 Å². The van der Waals surface area contributed by atoms with Crippen LogP contribution in [0.15, 0.2) is 58.8 Å². The maximum atomic E-state index is 12.9. The zero-order valence-electron chi connectivity index (χ0n) is 16.2. The van der Waals surface area contributed by atoms with Crippen molar-refractivity contribution in [2.75, 3.05) is 18.4 Å². The van der Waals surface area contributed by atoms with Gasteiger partial charge in [-0.05, 0) is 73.1 Å². The van der Waals surface area contributed by atoms with E-state index < -0.39 is 10.0 Å². The molecule has 1 aromatic heterocycles. The minimum Gasteiger partial charge on any atom is -0.373 e. The predicted octanol–water partition coefficient (Wildman–Crippen LogP) is 3.95. The van der Waals surface area contributed by atoms with Crippen LogP contribution in [0.5, 0.6) is 0 Å². The molecule has 1 N–H and O–H groups in total. The molecule has 152 valence electrons. The molecular weight excluding hydrogens is 408 g/mol. The number of benzene rings is 2. The Hall–Kier alpha value is -2.26. The van der Waals surface area contributed by atoms with Crippen LogP contribution in [-0.4, -0.2) is 43.9 Å². The smallest absolute Gasteiger partial charge is 0.255 e. The van der Waals surface area contributed by atoms with Gasteiger partial charge in [-0.1, -0.05) is 0 Å². The van der Waals surface area contributed by atoms with E-state index in [1.54, 1.807) is 23.5 Å². The average molecular weight is 431 g/mol.